The maximum absolute atomic E-state index is 13.2. The second-order valence-electron chi connectivity index (χ2n) is 8.69. The molecule has 2 bridgehead atoms. The van der Waals surface area contributed by atoms with E-state index in [1.54, 1.807) is 0 Å². The van der Waals surface area contributed by atoms with Crippen molar-refractivity contribution >= 4 is 5.91 Å². The van der Waals surface area contributed by atoms with E-state index in [9.17, 15) is 4.79 Å². The first-order valence-corrected chi connectivity index (χ1v) is 10.5. The normalized spacial score (nSPS) is 33.7. The molecule has 3 fully saturated rings. The lowest BCUT2D eigenvalue weighted by molar-refractivity contribution is -0.138. The van der Waals surface area contributed by atoms with Crippen LogP contribution in [0.25, 0.3) is 0 Å². The number of carbonyl (C=O) groups excluding carboxylic acids is 1. The molecule has 1 amide bonds. The van der Waals surface area contributed by atoms with Gasteiger partial charge < -0.3 is 10.6 Å². The Balaban J connectivity index is 1.32. The van der Waals surface area contributed by atoms with Gasteiger partial charge >= 0.3 is 0 Å². The van der Waals surface area contributed by atoms with Gasteiger partial charge in [0.25, 0.3) is 0 Å². The molecule has 4 rings (SSSR count). The van der Waals surface area contributed by atoms with Crippen LogP contribution in [-0.2, 0) is 11.3 Å². The van der Waals surface area contributed by atoms with Crippen molar-refractivity contribution in [1.29, 1.82) is 0 Å². The van der Waals surface area contributed by atoms with Crippen LogP contribution in [0.2, 0.25) is 0 Å². The van der Waals surface area contributed by atoms with E-state index < -0.39 is 0 Å². The summed E-state index contributed by atoms with van der Waals surface area (Å²) in [5.41, 5.74) is 7.80. The molecule has 1 aromatic carbocycles. The third-order valence-electron chi connectivity index (χ3n) is 7.06. The summed E-state index contributed by atoms with van der Waals surface area (Å²) in [5, 5.41) is 0. The minimum Gasteiger partial charge on any atom is -0.342 e. The molecule has 26 heavy (non-hydrogen) atoms. The second-order valence-corrected chi connectivity index (χ2v) is 8.69. The van der Waals surface area contributed by atoms with E-state index in [2.05, 4.69) is 47.1 Å². The largest absolute Gasteiger partial charge is 0.342 e. The van der Waals surface area contributed by atoms with Crippen molar-refractivity contribution < 1.29 is 4.79 Å². The average molecular weight is 356 g/mol. The lowest BCUT2D eigenvalue weighted by Gasteiger charge is -2.33. The molecule has 0 spiro atoms. The fraction of sp³-hybridized carbons (Fsp3) is 0.682. The monoisotopic (exact) mass is 355 g/mol. The fourth-order valence-electron chi connectivity index (χ4n) is 5.65. The first-order chi connectivity index (χ1) is 12.7. The Morgan fingerprint density at radius 2 is 1.96 bits per heavy atom. The van der Waals surface area contributed by atoms with Gasteiger partial charge in [-0.15, -0.1) is 0 Å². The predicted octanol–water partition coefficient (Wildman–Crippen LogP) is 2.73. The van der Waals surface area contributed by atoms with Crippen molar-refractivity contribution in [2.24, 2.45) is 29.4 Å². The van der Waals surface area contributed by atoms with E-state index in [4.69, 9.17) is 5.73 Å². The zero-order chi connectivity index (χ0) is 18.1. The van der Waals surface area contributed by atoms with Crippen molar-refractivity contribution in [2.75, 3.05) is 26.2 Å². The SMILES string of the molecule is CCN(CC1CCN(Cc2ccccc2)C1)C(=O)C1C2CCC(C2)C1N. The van der Waals surface area contributed by atoms with Gasteiger partial charge in [-0.05, 0) is 62.5 Å². The summed E-state index contributed by atoms with van der Waals surface area (Å²) in [6.07, 6.45) is 4.82. The van der Waals surface area contributed by atoms with Crippen LogP contribution in [-0.4, -0.2) is 47.9 Å². The van der Waals surface area contributed by atoms with Gasteiger partial charge in [-0.3, -0.25) is 9.69 Å². The third-order valence-corrected chi connectivity index (χ3v) is 7.06. The van der Waals surface area contributed by atoms with E-state index in [0.29, 0.717) is 23.7 Å². The van der Waals surface area contributed by atoms with Gasteiger partial charge in [0.15, 0.2) is 0 Å². The topological polar surface area (TPSA) is 49.6 Å². The Hall–Kier alpha value is -1.39. The number of hydrogen-bond donors (Lipinski definition) is 1. The highest BCUT2D eigenvalue weighted by Gasteiger charge is 2.50. The van der Waals surface area contributed by atoms with Crippen LogP contribution < -0.4 is 5.73 Å². The second kappa shape index (κ2) is 7.69. The van der Waals surface area contributed by atoms with Crippen molar-refractivity contribution in [3.63, 3.8) is 0 Å². The maximum atomic E-state index is 13.2. The minimum absolute atomic E-state index is 0.0931. The van der Waals surface area contributed by atoms with Crippen LogP contribution in [0.5, 0.6) is 0 Å². The Morgan fingerprint density at radius 1 is 1.19 bits per heavy atom. The molecule has 3 aliphatic rings. The predicted molar refractivity (Wildman–Crippen MR) is 104 cm³/mol. The van der Waals surface area contributed by atoms with Crippen LogP contribution in [0.1, 0.15) is 38.2 Å². The first-order valence-electron chi connectivity index (χ1n) is 10.5. The lowest BCUT2D eigenvalue weighted by atomic mass is 9.84. The highest BCUT2D eigenvalue weighted by atomic mass is 16.2. The maximum Gasteiger partial charge on any atom is 0.227 e. The Labute approximate surface area is 157 Å². The molecule has 5 atom stereocenters. The number of likely N-dealkylation sites (tertiary alicyclic amines) is 1. The summed E-state index contributed by atoms with van der Waals surface area (Å²) in [7, 11) is 0. The zero-order valence-corrected chi connectivity index (χ0v) is 16.0. The Kier molecular flexibility index (Phi) is 5.32. The molecule has 1 aliphatic heterocycles. The summed E-state index contributed by atoms with van der Waals surface area (Å²) in [4.78, 5) is 17.8. The molecule has 2 saturated carbocycles. The van der Waals surface area contributed by atoms with Crippen molar-refractivity contribution in [3.8, 4) is 0 Å². The Morgan fingerprint density at radius 3 is 2.65 bits per heavy atom. The smallest absolute Gasteiger partial charge is 0.227 e. The number of amides is 1. The van der Waals surface area contributed by atoms with Gasteiger partial charge in [-0.2, -0.15) is 0 Å². The van der Waals surface area contributed by atoms with Crippen LogP contribution in [0.4, 0.5) is 0 Å². The summed E-state index contributed by atoms with van der Waals surface area (Å²) >= 11 is 0. The van der Waals surface area contributed by atoms with Crippen molar-refractivity contribution in [1.82, 2.24) is 9.80 Å². The number of nitrogens with zero attached hydrogens (tertiary/aromatic N) is 2. The van der Waals surface area contributed by atoms with Crippen LogP contribution in [0.3, 0.4) is 0 Å². The summed E-state index contributed by atoms with van der Waals surface area (Å²) in [5.74, 6) is 2.18. The van der Waals surface area contributed by atoms with Crippen LogP contribution in [0.15, 0.2) is 30.3 Å². The third kappa shape index (κ3) is 3.54. The van der Waals surface area contributed by atoms with E-state index in [-0.39, 0.29) is 12.0 Å². The molecule has 2 N–H and O–H groups in total. The molecule has 0 aromatic heterocycles. The number of nitrogens with two attached hydrogens (primary N) is 1. The molecular weight excluding hydrogens is 322 g/mol. The summed E-state index contributed by atoms with van der Waals surface area (Å²) < 4.78 is 0. The van der Waals surface area contributed by atoms with Gasteiger partial charge in [0.1, 0.15) is 0 Å². The number of carbonyl (C=O) groups is 1. The Bertz CT molecular complexity index is 617. The number of hydrogen-bond acceptors (Lipinski definition) is 3. The van der Waals surface area contributed by atoms with E-state index >= 15 is 0 Å². The zero-order valence-electron chi connectivity index (χ0n) is 16.0. The molecule has 142 valence electrons. The average Bonchev–Trinajstić information content (AvgIpc) is 3.36. The van der Waals surface area contributed by atoms with Crippen LogP contribution in [0, 0.1) is 23.7 Å². The van der Waals surface area contributed by atoms with Crippen LogP contribution >= 0.6 is 0 Å². The molecule has 4 nitrogen and oxygen atoms in total. The van der Waals surface area contributed by atoms with E-state index in [1.807, 2.05) is 0 Å². The number of fused-ring (bicyclic) bond motifs is 2. The quantitative estimate of drug-likeness (QED) is 0.854. The fourth-order valence-corrected chi connectivity index (χ4v) is 5.65. The molecule has 5 unspecified atom stereocenters. The highest BCUT2D eigenvalue weighted by molar-refractivity contribution is 5.80. The van der Waals surface area contributed by atoms with E-state index in [1.165, 1.54) is 31.2 Å². The molecule has 4 heteroatoms. The van der Waals surface area contributed by atoms with Gasteiger partial charge in [0.05, 0.1) is 5.92 Å². The standard InChI is InChI=1S/C22H33N3O/c1-2-25(22(26)20-18-8-9-19(12-18)21(20)23)15-17-10-11-24(14-17)13-16-6-4-3-5-7-16/h3-7,17-21H,2,8-15,23H2,1H3. The molecule has 1 aromatic rings. The lowest BCUT2D eigenvalue weighted by Crippen LogP contribution is -2.48. The summed E-state index contributed by atoms with van der Waals surface area (Å²) in [6, 6.07) is 10.8. The minimum atomic E-state index is 0.0931. The summed E-state index contributed by atoms with van der Waals surface area (Å²) in [6.45, 7) is 7.10. The van der Waals surface area contributed by atoms with Gasteiger partial charge in [-0.1, -0.05) is 30.3 Å². The molecule has 0 radical (unpaired) electrons. The molecule has 1 saturated heterocycles. The van der Waals surface area contributed by atoms with Gasteiger partial charge in [0, 0.05) is 32.2 Å². The molecule has 2 aliphatic carbocycles. The molecule has 1 heterocycles. The van der Waals surface area contributed by atoms with Gasteiger partial charge in [0.2, 0.25) is 5.91 Å². The van der Waals surface area contributed by atoms with Crippen molar-refractivity contribution in [2.45, 2.75) is 45.2 Å². The first kappa shape index (κ1) is 18.0. The van der Waals surface area contributed by atoms with Gasteiger partial charge in [-0.25, -0.2) is 0 Å². The van der Waals surface area contributed by atoms with Crippen molar-refractivity contribution in [3.05, 3.63) is 35.9 Å². The number of benzene rings is 1. The van der Waals surface area contributed by atoms with E-state index in [0.717, 1.165) is 32.7 Å². The number of rotatable bonds is 6. The molecular formula is C22H33N3O. The highest BCUT2D eigenvalue weighted by Crippen LogP contribution is 2.48.